The van der Waals surface area contributed by atoms with E-state index >= 15 is 0 Å². The van der Waals surface area contributed by atoms with Gasteiger partial charge in [0.25, 0.3) is 0 Å². The summed E-state index contributed by atoms with van der Waals surface area (Å²) in [4.78, 5) is 13.4. The first-order valence-corrected chi connectivity index (χ1v) is 5.72. The zero-order valence-corrected chi connectivity index (χ0v) is 9.97. The van der Waals surface area contributed by atoms with Crippen LogP contribution in [0.2, 0.25) is 0 Å². The van der Waals surface area contributed by atoms with Crippen molar-refractivity contribution >= 4 is 6.03 Å². The number of hydrogen-bond acceptors (Lipinski definition) is 1. The zero-order valence-electron chi connectivity index (χ0n) is 9.97. The number of amides is 2. The molecule has 0 unspecified atom stereocenters. The molecule has 0 heterocycles. The van der Waals surface area contributed by atoms with Gasteiger partial charge in [-0.1, -0.05) is 26.7 Å². The SMILES string of the molecule is CCNC(=O)N(CC)CC(CC)CC. The predicted molar refractivity (Wildman–Crippen MR) is 60.4 cm³/mol. The van der Waals surface area contributed by atoms with Crippen molar-refractivity contribution in [2.45, 2.75) is 40.5 Å². The first-order chi connectivity index (χ1) is 6.69. The van der Waals surface area contributed by atoms with Crippen LogP contribution in [0, 0.1) is 5.92 Å². The number of hydrogen-bond donors (Lipinski definition) is 1. The quantitative estimate of drug-likeness (QED) is 0.702. The third kappa shape index (κ3) is 4.49. The molecule has 0 aromatic carbocycles. The summed E-state index contributed by atoms with van der Waals surface area (Å²) in [5, 5.41) is 2.84. The van der Waals surface area contributed by atoms with Crippen LogP contribution in [0.3, 0.4) is 0 Å². The van der Waals surface area contributed by atoms with Crippen LogP contribution in [-0.2, 0) is 0 Å². The molecular weight excluding hydrogens is 176 g/mol. The highest BCUT2D eigenvalue weighted by atomic mass is 16.2. The standard InChI is InChI=1S/C11H24N2O/c1-5-10(6-2)9-13(8-4)11(14)12-7-3/h10H,5-9H2,1-4H3,(H,12,14). The number of carbonyl (C=O) groups excluding carboxylic acids is 1. The molecule has 0 aliphatic carbocycles. The van der Waals surface area contributed by atoms with Crippen molar-refractivity contribution < 1.29 is 4.79 Å². The monoisotopic (exact) mass is 200 g/mol. The van der Waals surface area contributed by atoms with E-state index < -0.39 is 0 Å². The second kappa shape index (κ2) is 7.65. The van der Waals surface area contributed by atoms with Crippen molar-refractivity contribution in [2.75, 3.05) is 19.6 Å². The molecule has 0 saturated heterocycles. The topological polar surface area (TPSA) is 32.3 Å². The van der Waals surface area contributed by atoms with Crippen molar-refractivity contribution in [3.8, 4) is 0 Å². The van der Waals surface area contributed by atoms with Gasteiger partial charge in [-0.25, -0.2) is 4.79 Å². The van der Waals surface area contributed by atoms with Gasteiger partial charge in [-0.15, -0.1) is 0 Å². The molecule has 3 nitrogen and oxygen atoms in total. The van der Waals surface area contributed by atoms with Crippen LogP contribution in [0.15, 0.2) is 0 Å². The predicted octanol–water partition coefficient (Wildman–Crippen LogP) is 2.47. The van der Waals surface area contributed by atoms with Gasteiger partial charge in [-0.2, -0.15) is 0 Å². The van der Waals surface area contributed by atoms with Crippen molar-refractivity contribution in [3.05, 3.63) is 0 Å². The van der Waals surface area contributed by atoms with Gasteiger partial charge < -0.3 is 10.2 Å². The Labute approximate surface area is 87.9 Å². The van der Waals surface area contributed by atoms with Crippen LogP contribution < -0.4 is 5.32 Å². The molecule has 14 heavy (non-hydrogen) atoms. The van der Waals surface area contributed by atoms with Crippen LogP contribution in [0.1, 0.15) is 40.5 Å². The third-order valence-corrected chi connectivity index (χ3v) is 2.63. The first kappa shape index (κ1) is 13.3. The van der Waals surface area contributed by atoms with Crippen LogP contribution in [0.5, 0.6) is 0 Å². The lowest BCUT2D eigenvalue weighted by Crippen LogP contribution is -2.42. The normalized spacial score (nSPS) is 10.4. The highest BCUT2D eigenvalue weighted by Crippen LogP contribution is 2.09. The second-order valence-corrected chi connectivity index (χ2v) is 3.56. The molecular formula is C11H24N2O. The minimum atomic E-state index is 0.0712. The molecule has 0 spiro atoms. The maximum atomic E-state index is 11.6. The van der Waals surface area contributed by atoms with Crippen molar-refractivity contribution in [3.63, 3.8) is 0 Å². The lowest BCUT2D eigenvalue weighted by molar-refractivity contribution is 0.189. The highest BCUT2D eigenvalue weighted by molar-refractivity contribution is 5.74. The van der Waals surface area contributed by atoms with Crippen LogP contribution in [0.4, 0.5) is 4.79 Å². The van der Waals surface area contributed by atoms with E-state index in [9.17, 15) is 4.79 Å². The summed E-state index contributed by atoms with van der Waals surface area (Å²) in [6.07, 6.45) is 2.29. The molecule has 1 N–H and O–H groups in total. The third-order valence-electron chi connectivity index (χ3n) is 2.63. The Kier molecular flexibility index (Phi) is 7.25. The maximum Gasteiger partial charge on any atom is 0.317 e. The number of urea groups is 1. The molecule has 0 aliphatic rings. The van der Waals surface area contributed by atoms with Crippen LogP contribution in [0.25, 0.3) is 0 Å². The summed E-state index contributed by atoms with van der Waals surface area (Å²) < 4.78 is 0. The Hall–Kier alpha value is -0.730. The zero-order chi connectivity index (χ0) is 11.0. The van der Waals surface area contributed by atoms with E-state index in [1.807, 2.05) is 18.7 Å². The van der Waals surface area contributed by atoms with E-state index in [-0.39, 0.29) is 6.03 Å². The van der Waals surface area contributed by atoms with Crippen LogP contribution >= 0.6 is 0 Å². The van der Waals surface area contributed by atoms with Crippen molar-refractivity contribution in [1.29, 1.82) is 0 Å². The summed E-state index contributed by atoms with van der Waals surface area (Å²) in [7, 11) is 0. The molecule has 3 heteroatoms. The summed E-state index contributed by atoms with van der Waals surface area (Å²) in [6, 6.07) is 0.0712. The largest absolute Gasteiger partial charge is 0.338 e. The number of rotatable bonds is 6. The molecule has 0 fully saturated rings. The Balaban J connectivity index is 4.05. The molecule has 0 radical (unpaired) electrons. The van der Waals surface area contributed by atoms with E-state index in [1.165, 1.54) is 0 Å². The molecule has 2 amide bonds. The average Bonchev–Trinajstić information content (AvgIpc) is 2.20. The highest BCUT2D eigenvalue weighted by Gasteiger charge is 2.14. The van der Waals surface area contributed by atoms with Gasteiger partial charge in [0, 0.05) is 19.6 Å². The maximum absolute atomic E-state index is 11.6. The van der Waals surface area contributed by atoms with E-state index in [1.54, 1.807) is 0 Å². The molecule has 0 saturated carbocycles. The van der Waals surface area contributed by atoms with Crippen LogP contribution in [-0.4, -0.2) is 30.6 Å². The van der Waals surface area contributed by atoms with E-state index in [4.69, 9.17) is 0 Å². The number of carbonyl (C=O) groups is 1. The molecule has 84 valence electrons. The van der Waals surface area contributed by atoms with Gasteiger partial charge in [-0.05, 0) is 19.8 Å². The summed E-state index contributed by atoms with van der Waals surface area (Å²) in [6.45, 7) is 10.7. The Bertz CT molecular complexity index is 155. The molecule has 0 atom stereocenters. The average molecular weight is 200 g/mol. The van der Waals surface area contributed by atoms with Gasteiger partial charge in [0.15, 0.2) is 0 Å². The van der Waals surface area contributed by atoms with Gasteiger partial charge in [0.05, 0.1) is 0 Å². The number of nitrogens with one attached hydrogen (secondary N) is 1. The number of nitrogens with zero attached hydrogens (tertiary/aromatic N) is 1. The first-order valence-electron chi connectivity index (χ1n) is 5.72. The van der Waals surface area contributed by atoms with Gasteiger partial charge in [-0.3, -0.25) is 0 Å². The fourth-order valence-electron chi connectivity index (χ4n) is 1.48. The summed E-state index contributed by atoms with van der Waals surface area (Å²) in [5.74, 6) is 0.637. The molecule has 0 rings (SSSR count). The smallest absolute Gasteiger partial charge is 0.317 e. The summed E-state index contributed by atoms with van der Waals surface area (Å²) >= 11 is 0. The molecule has 0 aliphatic heterocycles. The molecule has 0 aromatic heterocycles. The fraction of sp³-hybridized carbons (Fsp3) is 0.909. The fourth-order valence-corrected chi connectivity index (χ4v) is 1.48. The van der Waals surface area contributed by atoms with Crippen molar-refractivity contribution in [2.24, 2.45) is 5.92 Å². The van der Waals surface area contributed by atoms with Gasteiger partial charge in [0.2, 0.25) is 0 Å². The van der Waals surface area contributed by atoms with Crippen molar-refractivity contribution in [1.82, 2.24) is 10.2 Å². The molecule has 0 bridgehead atoms. The lowest BCUT2D eigenvalue weighted by Gasteiger charge is -2.25. The van der Waals surface area contributed by atoms with Gasteiger partial charge >= 0.3 is 6.03 Å². The van der Waals surface area contributed by atoms with E-state index in [2.05, 4.69) is 19.2 Å². The summed E-state index contributed by atoms with van der Waals surface area (Å²) in [5.41, 5.74) is 0. The lowest BCUT2D eigenvalue weighted by atomic mass is 10.0. The van der Waals surface area contributed by atoms with Gasteiger partial charge in [0.1, 0.15) is 0 Å². The minimum absolute atomic E-state index is 0.0712. The minimum Gasteiger partial charge on any atom is -0.338 e. The van der Waals surface area contributed by atoms with E-state index in [0.717, 1.165) is 25.9 Å². The molecule has 0 aromatic rings. The Morgan fingerprint density at radius 3 is 2.14 bits per heavy atom. The van der Waals surface area contributed by atoms with E-state index in [0.29, 0.717) is 12.5 Å². The Morgan fingerprint density at radius 1 is 1.21 bits per heavy atom. The second-order valence-electron chi connectivity index (χ2n) is 3.56. The Morgan fingerprint density at radius 2 is 1.79 bits per heavy atom.